The van der Waals surface area contributed by atoms with Crippen molar-refractivity contribution < 1.29 is 28.7 Å². The average Bonchev–Trinajstić information content (AvgIpc) is 3.09. The number of hydrogen-bond acceptors (Lipinski definition) is 7. The van der Waals surface area contributed by atoms with Gasteiger partial charge in [0.2, 0.25) is 11.8 Å². The first-order chi connectivity index (χ1) is 22.9. The highest BCUT2D eigenvalue weighted by molar-refractivity contribution is 8.03. The number of benzene rings is 4. The second-order valence-electron chi connectivity index (χ2n) is 10.9. The summed E-state index contributed by atoms with van der Waals surface area (Å²) in [5, 5.41) is 7.01. The number of halogens is 1. The average molecular weight is 668 g/mol. The predicted molar refractivity (Wildman–Crippen MR) is 179 cm³/mol. The summed E-state index contributed by atoms with van der Waals surface area (Å²) < 4.78 is 11.7. The lowest BCUT2D eigenvalue weighted by molar-refractivity contribution is -0.165. The van der Waals surface area contributed by atoms with Gasteiger partial charge in [-0.05, 0) is 40.3 Å². The van der Waals surface area contributed by atoms with E-state index in [1.807, 2.05) is 91.0 Å². The van der Waals surface area contributed by atoms with Crippen LogP contribution in [0.1, 0.15) is 22.8 Å². The number of nitrogens with one attached hydrogen (secondary N) is 2. The summed E-state index contributed by atoms with van der Waals surface area (Å²) in [6.07, 6.45) is -1.41. The number of rotatable bonds is 10. The third kappa shape index (κ3) is 7.51. The van der Waals surface area contributed by atoms with Crippen LogP contribution < -0.4 is 10.6 Å². The minimum Gasteiger partial charge on any atom is -0.451 e. The molecule has 3 amide bonds. The molecule has 2 aliphatic rings. The van der Waals surface area contributed by atoms with E-state index in [0.29, 0.717) is 16.3 Å². The molecule has 6 rings (SSSR count). The fraction of sp³-hybridized carbons (Fsp3) is 0.167. The van der Waals surface area contributed by atoms with Crippen LogP contribution in [-0.4, -0.2) is 52.8 Å². The van der Waals surface area contributed by atoms with Gasteiger partial charge in [-0.2, -0.15) is 0 Å². The Morgan fingerprint density at radius 3 is 2.13 bits per heavy atom. The summed E-state index contributed by atoms with van der Waals surface area (Å²) in [6, 6.07) is 32.4. The van der Waals surface area contributed by atoms with E-state index < -0.39 is 41.5 Å². The summed E-state index contributed by atoms with van der Waals surface area (Å²) in [4.78, 5) is 54.7. The van der Waals surface area contributed by atoms with Crippen molar-refractivity contribution in [3.8, 4) is 0 Å². The zero-order valence-electron chi connectivity index (χ0n) is 25.0. The number of amides is 3. The Bertz CT molecular complexity index is 1750. The molecule has 1 fully saturated rings. The second kappa shape index (κ2) is 14.6. The van der Waals surface area contributed by atoms with Gasteiger partial charge in [0.25, 0.3) is 0 Å². The highest BCUT2D eigenvalue weighted by Crippen LogP contribution is 2.41. The summed E-state index contributed by atoms with van der Waals surface area (Å²) in [6.45, 7) is -0.290. The van der Waals surface area contributed by atoms with Crippen molar-refractivity contribution in [2.24, 2.45) is 0 Å². The summed E-state index contributed by atoms with van der Waals surface area (Å²) in [7, 11) is 0. The van der Waals surface area contributed by atoms with Crippen molar-refractivity contribution in [2.75, 3.05) is 11.9 Å². The first kappa shape index (κ1) is 31.9. The smallest absolute Gasteiger partial charge is 0.411 e. The van der Waals surface area contributed by atoms with Gasteiger partial charge in [0, 0.05) is 16.3 Å². The van der Waals surface area contributed by atoms with E-state index in [1.165, 1.54) is 16.7 Å². The second-order valence-corrected chi connectivity index (χ2v) is 12.4. The topological polar surface area (TPSA) is 114 Å². The molecule has 0 spiro atoms. The van der Waals surface area contributed by atoms with Gasteiger partial charge < -0.3 is 19.7 Å². The van der Waals surface area contributed by atoms with Crippen LogP contribution in [0.4, 0.5) is 10.5 Å². The largest absolute Gasteiger partial charge is 0.451 e. The third-order valence-corrected chi connectivity index (χ3v) is 9.15. The third-order valence-electron chi connectivity index (χ3n) is 7.69. The van der Waals surface area contributed by atoms with Gasteiger partial charge in [-0.25, -0.2) is 9.59 Å². The lowest BCUT2D eigenvalue weighted by Crippen LogP contribution is -2.74. The maximum atomic E-state index is 14.1. The molecule has 2 unspecified atom stereocenters. The number of hydrogen-bond donors (Lipinski definition) is 2. The first-order valence-corrected chi connectivity index (χ1v) is 16.2. The number of esters is 1. The molecule has 2 N–H and O–H groups in total. The Labute approximate surface area is 280 Å². The van der Waals surface area contributed by atoms with Crippen LogP contribution in [0.2, 0.25) is 5.02 Å². The summed E-state index contributed by atoms with van der Waals surface area (Å²) in [5.41, 5.74) is 3.11. The van der Waals surface area contributed by atoms with Crippen molar-refractivity contribution >= 4 is 52.9 Å². The monoisotopic (exact) mass is 667 g/mol. The van der Waals surface area contributed by atoms with E-state index in [-0.39, 0.29) is 18.9 Å². The van der Waals surface area contributed by atoms with Crippen LogP contribution in [0.3, 0.4) is 0 Å². The molecule has 4 aromatic carbocycles. The number of nitrogens with zero attached hydrogens (tertiary/aromatic N) is 1. The van der Waals surface area contributed by atoms with Crippen molar-refractivity contribution in [1.82, 2.24) is 10.2 Å². The van der Waals surface area contributed by atoms with Gasteiger partial charge in [-0.3, -0.25) is 14.9 Å². The molecule has 1 saturated heterocycles. The van der Waals surface area contributed by atoms with Crippen LogP contribution in [0, 0.1) is 0 Å². The first-order valence-electron chi connectivity index (χ1n) is 14.9. The van der Waals surface area contributed by atoms with E-state index >= 15 is 0 Å². The van der Waals surface area contributed by atoms with E-state index in [2.05, 4.69) is 10.6 Å². The van der Waals surface area contributed by atoms with Crippen LogP contribution in [0.5, 0.6) is 0 Å². The van der Waals surface area contributed by atoms with Gasteiger partial charge >= 0.3 is 12.1 Å². The number of ether oxygens (including phenoxy) is 2. The van der Waals surface area contributed by atoms with Gasteiger partial charge in [0.05, 0.1) is 6.42 Å². The maximum absolute atomic E-state index is 14.1. The molecule has 3 atom stereocenters. The number of β-lactam (4-membered cyclic amide) rings is 1. The normalized spacial score (nSPS) is 18.3. The predicted octanol–water partition coefficient (Wildman–Crippen LogP) is 6.12. The SMILES string of the molecule is O=C(Cc1ccccc1)NC1C(=O)N2C(C(=O)OC(c3ccccc3)c3ccccc3)C(COC(=O)Nc3cccc(Cl)c3)=CS[C@@H]12. The van der Waals surface area contributed by atoms with Crippen molar-refractivity contribution in [3.63, 3.8) is 0 Å². The molecule has 0 saturated carbocycles. The van der Waals surface area contributed by atoms with Crippen LogP contribution in [0.15, 0.2) is 126 Å². The van der Waals surface area contributed by atoms with E-state index in [1.54, 1.807) is 29.7 Å². The minimum atomic E-state index is -1.19. The Morgan fingerprint density at radius 2 is 1.49 bits per heavy atom. The van der Waals surface area contributed by atoms with E-state index in [0.717, 1.165) is 16.7 Å². The van der Waals surface area contributed by atoms with E-state index in [9.17, 15) is 19.2 Å². The molecular formula is C36H30ClN3O6S. The number of carbonyl (C=O) groups is 4. The van der Waals surface area contributed by atoms with Gasteiger partial charge in [0.1, 0.15) is 18.0 Å². The highest BCUT2D eigenvalue weighted by Gasteiger charge is 2.56. The fourth-order valence-corrected chi connectivity index (χ4v) is 6.86. The Hall–Kier alpha value is -5.06. The van der Waals surface area contributed by atoms with Crippen LogP contribution >= 0.6 is 23.4 Å². The number of anilines is 1. The molecule has 0 aliphatic carbocycles. The van der Waals surface area contributed by atoms with Crippen LogP contribution in [0.25, 0.3) is 0 Å². The lowest BCUT2D eigenvalue weighted by Gasteiger charge is -2.51. The minimum absolute atomic E-state index is 0.111. The van der Waals surface area contributed by atoms with Crippen molar-refractivity contribution in [2.45, 2.75) is 30.0 Å². The molecule has 0 bridgehead atoms. The molecule has 4 aromatic rings. The standard InChI is InChI=1S/C36H30ClN3O6S/c37-27-17-10-18-28(20-27)38-36(44)45-21-26-22-47-34-30(39-29(41)19-23-11-4-1-5-12-23)33(42)40(34)31(26)35(43)46-32(24-13-6-2-7-14-24)25-15-8-3-9-16-25/h1-18,20,22,30-32,34H,19,21H2,(H,38,44)(H,39,41)/t30?,31?,34-/m0/s1. The Kier molecular flexibility index (Phi) is 9.89. The maximum Gasteiger partial charge on any atom is 0.411 e. The molecule has 0 radical (unpaired) electrons. The number of fused-ring (bicyclic) bond motifs is 1. The molecular weight excluding hydrogens is 638 g/mol. The highest BCUT2D eigenvalue weighted by atomic mass is 35.5. The molecule has 47 heavy (non-hydrogen) atoms. The quantitative estimate of drug-likeness (QED) is 0.155. The molecule has 0 aromatic heterocycles. The summed E-state index contributed by atoms with van der Waals surface area (Å²) >= 11 is 7.29. The molecule has 238 valence electrons. The molecule has 2 aliphatic heterocycles. The molecule has 9 nitrogen and oxygen atoms in total. The van der Waals surface area contributed by atoms with E-state index in [4.69, 9.17) is 21.1 Å². The number of thioether (sulfide) groups is 1. The fourth-order valence-electron chi connectivity index (χ4n) is 5.46. The molecule has 2 heterocycles. The lowest BCUT2D eigenvalue weighted by atomic mass is 9.97. The molecule has 11 heteroatoms. The van der Waals surface area contributed by atoms with Crippen molar-refractivity contribution in [3.05, 3.63) is 148 Å². The van der Waals surface area contributed by atoms with Crippen LogP contribution in [-0.2, 0) is 30.3 Å². The van der Waals surface area contributed by atoms with Gasteiger partial charge in [0.15, 0.2) is 12.1 Å². The van der Waals surface area contributed by atoms with Gasteiger partial charge in [-0.15, -0.1) is 11.8 Å². The Balaban J connectivity index is 1.22. The Morgan fingerprint density at radius 1 is 0.851 bits per heavy atom. The van der Waals surface area contributed by atoms with Crippen molar-refractivity contribution in [1.29, 1.82) is 0 Å². The zero-order chi connectivity index (χ0) is 32.8. The zero-order valence-corrected chi connectivity index (χ0v) is 26.5. The number of carbonyl (C=O) groups excluding carboxylic acids is 4. The van der Waals surface area contributed by atoms with Gasteiger partial charge in [-0.1, -0.05) is 109 Å². The summed E-state index contributed by atoms with van der Waals surface area (Å²) in [5.74, 6) is -1.44.